The number of phenols is 1. The van der Waals surface area contributed by atoms with Gasteiger partial charge in [0.1, 0.15) is 5.75 Å². The maximum Gasteiger partial charge on any atom is 0.330 e. The van der Waals surface area contributed by atoms with Gasteiger partial charge in [-0.2, -0.15) is 5.26 Å². The fraction of sp³-hybridized carbons (Fsp3) is 0.176. The average molecular weight is 328 g/mol. The molecule has 0 amide bonds. The maximum atomic E-state index is 11.6. The van der Waals surface area contributed by atoms with Crippen molar-refractivity contribution >= 4 is 23.4 Å². The van der Waals surface area contributed by atoms with E-state index in [0.29, 0.717) is 21.7 Å². The number of carboxylic acids is 1. The van der Waals surface area contributed by atoms with Gasteiger partial charge in [-0.15, -0.1) is 11.8 Å². The summed E-state index contributed by atoms with van der Waals surface area (Å²) in [6.45, 7) is 1.96. The minimum atomic E-state index is -1.02. The summed E-state index contributed by atoms with van der Waals surface area (Å²) in [5, 5.41) is 31.0. The van der Waals surface area contributed by atoms with E-state index in [9.17, 15) is 15.0 Å². The van der Waals surface area contributed by atoms with E-state index in [-0.39, 0.29) is 5.75 Å². The van der Waals surface area contributed by atoms with E-state index in [1.54, 1.807) is 36.4 Å². The number of hydrogen-bond acceptors (Lipinski definition) is 5. The molecule has 0 bridgehead atoms. The lowest BCUT2D eigenvalue weighted by Crippen LogP contribution is -2.20. The number of benzene rings is 2. The molecule has 2 rings (SSSR count). The van der Waals surface area contributed by atoms with Crippen molar-refractivity contribution in [2.24, 2.45) is 0 Å². The van der Waals surface area contributed by atoms with Gasteiger partial charge in [0, 0.05) is 10.6 Å². The number of aromatic hydroxyl groups is 1. The number of carboxylic acid groups (broad SMARTS) is 1. The summed E-state index contributed by atoms with van der Waals surface area (Å²) in [5.41, 5.74) is 1.67. The van der Waals surface area contributed by atoms with Crippen LogP contribution in [0.3, 0.4) is 0 Å². The highest BCUT2D eigenvalue weighted by molar-refractivity contribution is 7.99. The molecule has 6 heteroatoms. The van der Waals surface area contributed by atoms with Gasteiger partial charge in [0.25, 0.3) is 0 Å². The molecule has 118 valence electrons. The molecule has 0 aliphatic carbocycles. The number of hydrogen-bond donors (Lipinski definition) is 3. The SMILES string of the molecule is CCSc1cc(C(Nc2ccc(C#N)cc2)C(=O)O)ccc1O. The Balaban J connectivity index is 2.29. The number of nitrogens with zero attached hydrogens (tertiary/aromatic N) is 1. The van der Waals surface area contributed by atoms with Gasteiger partial charge in [-0.25, -0.2) is 4.79 Å². The molecule has 0 aliphatic rings. The first kappa shape index (κ1) is 16.7. The summed E-state index contributed by atoms with van der Waals surface area (Å²) in [7, 11) is 0. The van der Waals surface area contributed by atoms with Gasteiger partial charge in [0.15, 0.2) is 6.04 Å². The molecule has 0 saturated carbocycles. The molecule has 0 spiro atoms. The van der Waals surface area contributed by atoms with Crippen LogP contribution in [0.15, 0.2) is 47.4 Å². The van der Waals surface area contributed by atoms with E-state index in [2.05, 4.69) is 5.32 Å². The van der Waals surface area contributed by atoms with Crippen LogP contribution in [0, 0.1) is 11.3 Å². The Morgan fingerprint density at radius 2 is 2.00 bits per heavy atom. The van der Waals surface area contributed by atoms with Gasteiger partial charge in [-0.05, 0) is 47.7 Å². The molecule has 1 unspecified atom stereocenters. The van der Waals surface area contributed by atoms with Gasteiger partial charge >= 0.3 is 5.97 Å². The van der Waals surface area contributed by atoms with Crippen LogP contribution in [0.5, 0.6) is 5.75 Å². The van der Waals surface area contributed by atoms with Crippen LogP contribution in [0.4, 0.5) is 5.69 Å². The second-order valence-electron chi connectivity index (χ2n) is 4.76. The van der Waals surface area contributed by atoms with Crippen molar-refractivity contribution in [3.8, 4) is 11.8 Å². The van der Waals surface area contributed by atoms with Crippen LogP contribution < -0.4 is 5.32 Å². The summed E-state index contributed by atoms with van der Waals surface area (Å²) < 4.78 is 0. The van der Waals surface area contributed by atoms with E-state index in [1.165, 1.54) is 17.8 Å². The second-order valence-corrected chi connectivity index (χ2v) is 6.07. The molecule has 0 aromatic heterocycles. The maximum absolute atomic E-state index is 11.6. The molecule has 0 heterocycles. The van der Waals surface area contributed by atoms with E-state index in [0.717, 1.165) is 5.75 Å². The van der Waals surface area contributed by atoms with Crippen LogP contribution in [0.25, 0.3) is 0 Å². The summed E-state index contributed by atoms with van der Waals surface area (Å²) in [5.74, 6) is -0.103. The van der Waals surface area contributed by atoms with Crippen molar-refractivity contribution in [3.63, 3.8) is 0 Å². The summed E-state index contributed by atoms with van der Waals surface area (Å²) in [4.78, 5) is 12.2. The van der Waals surface area contributed by atoms with Crippen LogP contribution in [-0.4, -0.2) is 21.9 Å². The van der Waals surface area contributed by atoms with Crippen molar-refractivity contribution in [2.45, 2.75) is 17.9 Å². The number of rotatable bonds is 6. The molecule has 0 aliphatic heterocycles. The number of anilines is 1. The summed E-state index contributed by atoms with van der Waals surface area (Å²) >= 11 is 1.45. The molecule has 5 nitrogen and oxygen atoms in total. The fourth-order valence-corrected chi connectivity index (χ4v) is 2.82. The molecular formula is C17H16N2O3S. The molecule has 2 aromatic carbocycles. The van der Waals surface area contributed by atoms with Gasteiger partial charge in [-0.1, -0.05) is 13.0 Å². The number of aliphatic carboxylic acids is 1. The Kier molecular flexibility index (Phi) is 5.50. The fourth-order valence-electron chi connectivity index (χ4n) is 2.08. The van der Waals surface area contributed by atoms with Gasteiger partial charge in [-0.3, -0.25) is 0 Å². The lowest BCUT2D eigenvalue weighted by atomic mass is 10.1. The van der Waals surface area contributed by atoms with E-state index in [1.807, 2.05) is 13.0 Å². The third kappa shape index (κ3) is 4.18. The molecule has 2 aromatic rings. The van der Waals surface area contributed by atoms with Crippen LogP contribution in [0.1, 0.15) is 24.1 Å². The Morgan fingerprint density at radius 3 is 2.57 bits per heavy atom. The minimum absolute atomic E-state index is 0.142. The first-order valence-corrected chi connectivity index (χ1v) is 7.99. The van der Waals surface area contributed by atoms with Crippen molar-refractivity contribution < 1.29 is 15.0 Å². The van der Waals surface area contributed by atoms with Crippen molar-refractivity contribution in [1.29, 1.82) is 5.26 Å². The summed E-state index contributed by atoms with van der Waals surface area (Å²) in [6.07, 6.45) is 0. The normalized spacial score (nSPS) is 11.5. The van der Waals surface area contributed by atoms with Crippen molar-refractivity contribution in [1.82, 2.24) is 0 Å². The third-order valence-corrected chi connectivity index (χ3v) is 4.12. The average Bonchev–Trinajstić information content (AvgIpc) is 2.55. The lowest BCUT2D eigenvalue weighted by Gasteiger charge is -2.17. The number of phenolic OH excluding ortho intramolecular Hbond substituents is 1. The minimum Gasteiger partial charge on any atom is -0.507 e. The zero-order valence-corrected chi connectivity index (χ0v) is 13.3. The van der Waals surface area contributed by atoms with Crippen molar-refractivity contribution in [3.05, 3.63) is 53.6 Å². The Bertz CT molecular complexity index is 738. The zero-order valence-electron chi connectivity index (χ0n) is 12.5. The van der Waals surface area contributed by atoms with Gasteiger partial charge in [0.2, 0.25) is 0 Å². The molecule has 3 N–H and O–H groups in total. The van der Waals surface area contributed by atoms with E-state index < -0.39 is 12.0 Å². The Labute approximate surface area is 138 Å². The molecular weight excluding hydrogens is 312 g/mol. The Hall–Kier alpha value is -2.65. The van der Waals surface area contributed by atoms with Crippen LogP contribution >= 0.6 is 11.8 Å². The van der Waals surface area contributed by atoms with E-state index in [4.69, 9.17) is 5.26 Å². The number of nitriles is 1. The first-order valence-electron chi connectivity index (χ1n) is 7.00. The van der Waals surface area contributed by atoms with Crippen molar-refractivity contribution in [2.75, 3.05) is 11.1 Å². The van der Waals surface area contributed by atoms with Gasteiger partial charge in [0.05, 0.1) is 11.6 Å². The van der Waals surface area contributed by atoms with Gasteiger partial charge < -0.3 is 15.5 Å². The third-order valence-electron chi connectivity index (χ3n) is 3.19. The number of thioether (sulfide) groups is 1. The highest BCUT2D eigenvalue weighted by Gasteiger charge is 2.21. The second kappa shape index (κ2) is 7.56. The predicted molar refractivity (Wildman–Crippen MR) is 89.7 cm³/mol. The van der Waals surface area contributed by atoms with Crippen LogP contribution in [-0.2, 0) is 4.79 Å². The monoisotopic (exact) mass is 328 g/mol. The van der Waals surface area contributed by atoms with E-state index >= 15 is 0 Å². The van der Waals surface area contributed by atoms with Crippen LogP contribution in [0.2, 0.25) is 0 Å². The number of nitrogens with one attached hydrogen (secondary N) is 1. The highest BCUT2D eigenvalue weighted by Crippen LogP contribution is 2.32. The highest BCUT2D eigenvalue weighted by atomic mass is 32.2. The largest absolute Gasteiger partial charge is 0.507 e. The zero-order chi connectivity index (χ0) is 16.8. The standard InChI is InChI=1S/C17H16N2O3S/c1-2-23-15-9-12(5-8-14(15)20)16(17(21)22)19-13-6-3-11(10-18)4-7-13/h3-9,16,19-20H,2H2,1H3,(H,21,22). The predicted octanol–water partition coefficient (Wildman–Crippen LogP) is 3.61. The topological polar surface area (TPSA) is 93.4 Å². The molecule has 0 radical (unpaired) electrons. The first-order chi connectivity index (χ1) is 11.0. The number of carbonyl (C=O) groups is 1. The molecule has 0 fully saturated rings. The Morgan fingerprint density at radius 1 is 1.30 bits per heavy atom. The lowest BCUT2D eigenvalue weighted by molar-refractivity contribution is -0.138. The molecule has 23 heavy (non-hydrogen) atoms. The smallest absolute Gasteiger partial charge is 0.330 e. The molecule has 0 saturated heterocycles. The molecule has 1 atom stereocenters. The summed E-state index contributed by atoms with van der Waals surface area (Å²) in [6, 6.07) is 12.4. The quantitative estimate of drug-likeness (QED) is 0.701.